The Bertz CT molecular complexity index is 1690. The molecule has 0 aliphatic carbocycles. The molecule has 0 spiro atoms. The lowest BCUT2D eigenvalue weighted by atomic mass is 10.0. The molecule has 45 heavy (non-hydrogen) atoms. The quantitative estimate of drug-likeness (QED) is 0.170. The van der Waals surface area contributed by atoms with Gasteiger partial charge in [-0.1, -0.05) is 89.6 Å². The topological polar surface area (TPSA) is 96.0 Å². The number of hydrogen-bond acceptors (Lipinski definition) is 5. The van der Waals surface area contributed by atoms with Crippen molar-refractivity contribution in [1.82, 2.24) is 10.2 Å². The van der Waals surface area contributed by atoms with Gasteiger partial charge < -0.3 is 15.0 Å². The van der Waals surface area contributed by atoms with E-state index in [1.54, 1.807) is 61.7 Å². The lowest BCUT2D eigenvalue weighted by Crippen LogP contribution is -2.54. The predicted octanol–water partition coefficient (Wildman–Crippen LogP) is 6.21. The van der Waals surface area contributed by atoms with Gasteiger partial charge in [0.05, 0.1) is 17.7 Å². The first-order chi connectivity index (χ1) is 21.6. The lowest BCUT2D eigenvalue weighted by molar-refractivity contribution is -0.140. The lowest BCUT2D eigenvalue weighted by Gasteiger charge is -2.34. The maximum atomic E-state index is 14.5. The van der Waals surface area contributed by atoms with E-state index >= 15 is 0 Å². The number of nitrogens with one attached hydrogen (secondary N) is 1. The fraction of sp³-hybridized carbons (Fsp3) is 0.257. The van der Waals surface area contributed by atoms with Crippen molar-refractivity contribution < 1.29 is 22.7 Å². The number of benzene rings is 4. The molecule has 0 aliphatic rings. The van der Waals surface area contributed by atoms with Crippen LogP contribution in [-0.2, 0) is 32.6 Å². The highest BCUT2D eigenvalue weighted by Gasteiger charge is 2.35. The van der Waals surface area contributed by atoms with E-state index in [9.17, 15) is 18.0 Å². The molecular weight excluding hydrogens is 654 g/mol. The van der Waals surface area contributed by atoms with Gasteiger partial charge in [-0.25, -0.2) is 8.42 Å². The number of nitrogens with zero attached hydrogens (tertiary/aromatic N) is 2. The molecule has 8 nitrogen and oxygen atoms in total. The van der Waals surface area contributed by atoms with Crippen molar-refractivity contribution in [2.24, 2.45) is 0 Å². The first kappa shape index (κ1) is 33.7. The standard InChI is InChI=1S/C35H38BrN3O5S/c1-4-26(2)37-35(41)33(22-27-13-7-5-8-14-27)38(24-28-15-11-18-31(21-28)44-3)34(40)25-39(30-17-12-16-29(36)23-30)45(42,43)32-19-9-6-10-20-32/h5-21,23,26,33H,4,22,24-25H2,1-3H3,(H,37,41). The van der Waals surface area contributed by atoms with E-state index in [1.807, 2.05) is 56.3 Å². The second-order valence-corrected chi connectivity index (χ2v) is 13.5. The van der Waals surface area contributed by atoms with E-state index in [2.05, 4.69) is 21.2 Å². The van der Waals surface area contributed by atoms with Crippen LogP contribution < -0.4 is 14.4 Å². The summed E-state index contributed by atoms with van der Waals surface area (Å²) in [6.45, 7) is 3.41. The highest BCUT2D eigenvalue weighted by atomic mass is 79.9. The van der Waals surface area contributed by atoms with Crippen molar-refractivity contribution in [2.75, 3.05) is 18.0 Å². The van der Waals surface area contributed by atoms with Crippen LogP contribution >= 0.6 is 15.9 Å². The Morgan fingerprint density at radius 1 is 0.867 bits per heavy atom. The van der Waals surface area contributed by atoms with E-state index < -0.39 is 28.5 Å². The van der Waals surface area contributed by atoms with E-state index in [1.165, 1.54) is 17.0 Å². The average Bonchev–Trinajstić information content (AvgIpc) is 3.05. The minimum atomic E-state index is -4.17. The van der Waals surface area contributed by atoms with Gasteiger partial charge in [0.15, 0.2) is 0 Å². The first-order valence-electron chi connectivity index (χ1n) is 14.7. The van der Waals surface area contributed by atoms with Gasteiger partial charge in [0.2, 0.25) is 11.8 Å². The number of carbonyl (C=O) groups excluding carboxylic acids is 2. The highest BCUT2D eigenvalue weighted by molar-refractivity contribution is 9.10. The van der Waals surface area contributed by atoms with Gasteiger partial charge in [-0.3, -0.25) is 13.9 Å². The molecule has 0 aliphatic heterocycles. The maximum Gasteiger partial charge on any atom is 0.264 e. The second kappa shape index (κ2) is 15.7. The third-order valence-corrected chi connectivity index (χ3v) is 9.75. The number of rotatable bonds is 14. The number of methoxy groups -OCH3 is 1. The molecule has 236 valence electrons. The highest BCUT2D eigenvalue weighted by Crippen LogP contribution is 2.27. The van der Waals surface area contributed by atoms with E-state index in [-0.39, 0.29) is 29.8 Å². The van der Waals surface area contributed by atoms with Crippen molar-refractivity contribution >= 4 is 43.5 Å². The number of hydrogen-bond donors (Lipinski definition) is 1. The largest absolute Gasteiger partial charge is 0.497 e. The zero-order valence-corrected chi connectivity index (χ0v) is 28.0. The van der Waals surface area contributed by atoms with Crippen molar-refractivity contribution in [2.45, 2.75) is 50.2 Å². The monoisotopic (exact) mass is 691 g/mol. The molecule has 4 rings (SSSR count). The minimum absolute atomic E-state index is 0.0486. The van der Waals surface area contributed by atoms with Gasteiger partial charge in [-0.15, -0.1) is 0 Å². The summed E-state index contributed by atoms with van der Waals surface area (Å²) in [5.41, 5.74) is 1.91. The molecular formula is C35H38BrN3O5S. The smallest absolute Gasteiger partial charge is 0.264 e. The molecule has 4 aromatic carbocycles. The van der Waals surface area contributed by atoms with Gasteiger partial charge in [-0.05, 0) is 66.9 Å². The van der Waals surface area contributed by atoms with Crippen LogP contribution in [0, 0.1) is 0 Å². The molecule has 0 saturated carbocycles. The number of sulfonamides is 1. The van der Waals surface area contributed by atoms with Gasteiger partial charge in [0, 0.05) is 23.5 Å². The Hall–Kier alpha value is -4.15. The number of halogens is 1. The summed E-state index contributed by atoms with van der Waals surface area (Å²) in [6.07, 6.45) is 0.945. The van der Waals surface area contributed by atoms with Crippen molar-refractivity contribution in [1.29, 1.82) is 0 Å². The number of carbonyl (C=O) groups is 2. The molecule has 2 atom stereocenters. The SMILES string of the molecule is CCC(C)NC(=O)C(Cc1ccccc1)N(Cc1cccc(OC)c1)C(=O)CN(c1cccc(Br)c1)S(=O)(=O)c1ccccc1. The van der Waals surface area contributed by atoms with Crippen LogP contribution in [0.15, 0.2) is 119 Å². The summed E-state index contributed by atoms with van der Waals surface area (Å²) in [5.74, 6) is -0.243. The van der Waals surface area contributed by atoms with Gasteiger partial charge in [0.25, 0.3) is 10.0 Å². The molecule has 0 heterocycles. The average molecular weight is 693 g/mol. The zero-order chi connectivity index (χ0) is 32.4. The Kier molecular flexibility index (Phi) is 11.8. The van der Waals surface area contributed by atoms with E-state index in [0.717, 1.165) is 15.4 Å². The Balaban J connectivity index is 1.81. The van der Waals surface area contributed by atoms with Crippen molar-refractivity contribution in [3.8, 4) is 5.75 Å². The van der Waals surface area contributed by atoms with E-state index in [0.29, 0.717) is 22.3 Å². The summed E-state index contributed by atoms with van der Waals surface area (Å²) in [6, 6.07) is 30.5. The van der Waals surface area contributed by atoms with E-state index in [4.69, 9.17) is 4.74 Å². The second-order valence-electron chi connectivity index (χ2n) is 10.7. The molecule has 2 unspecified atom stereocenters. The van der Waals surface area contributed by atoms with Crippen LogP contribution in [-0.4, -0.2) is 50.9 Å². The first-order valence-corrected chi connectivity index (χ1v) is 17.0. The van der Waals surface area contributed by atoms with Crippen LogP contribution in [0.5, 0.6) is 5.75 Å². The van der Waals surface area contributed by atoms with Crippen LogP contribution in [0.4, 0.5) is 5.69 Å². The molecule has 0 aromatic heterocycles. The van der Waals surface area contributed by atoms with Gasteiger partial charge >= 0.3 is 0 Å². The Labute approximate surface area is 274 Å². The summed E-state index contributed by atoms with van der Waals surface area (Å²) in [7, 11) is -2.61. The minimum Gasteiger partial charge on any atom is -0.497 e. The molecule has 0 saturated heterocycles. The van der Waals surface area contributed by atoms with Crippen LogP contribution in [0.2, 0.25) is 0 Å². The molecule has 1 N–H and O–H groups in total. The van der Waals surface area contributed by atoms with Crippen molar-refractivity contribution in [3.63, 3.8) is 0 Å². The third-order valence-electron chi connectivity index (χ3n) is 7.47. The molecule has 0 fully saturated rings. The fourth-order valence-electron chi connectivity index (χ4n) is 4.84. The van der Waals surface area contributed by atoms with Gasteiger partial charge in [0.1, 0.15) is 18.3 Å². The predicted molar refractivity (Wildman–Crippen MR) is 180 cm³/mol. The van der Waals surface area contributed by atoms with Crippen LogP contribution in [0.3, 0.4) is 0 Å². The Morgan fingerprint density at radius 3 is 2.16 bits per heavy atom. The van der Waals surface area contributed by atoms with Crippen LogP contribution in [0.25, 0.3) is 0 Å². The molecule has 10 heteroatoms. The maximum absolute atomic E-state index is 14.5. The number of amides is 2. The third kappa shape index (κ3) is 8.95. The summed E-state index contributed by atoms with van der Waals surface area (Å²) in [4.78, 5) is 30.0. The summed E-state index contributed by atoms with van der Waals surface area (Å²) >= 11 is 3.43. The summed E-state index contributed by atoms with van der Waals surface area (Å²) < 4.78 is 35.3. The van der Waals surface area contributed by atoms with Gasteiger partial charge in [-0.2, -0.15) is 0 Å². The molecule has 4 aromatic rings. The molecule has 2 amide bonds. The van der Waals surface area contributed by atoms with Crippen LogP contribution in [0.1, 0.15) is 31.4 Å². The molecule has 0 bridgehead atoms. The number of ether oxygens (including phenoxy) is 1. The molecule has 0 radical (unpaired) electrons. The number of anilines is 1. The Morgan fingerprint density at radius 2 is 1.51 bits per heavy atom. The normalized spacial score (nSPS) is 12.5. The zero-order valence-electron chi connectivity index (χ0n) is 25.6. The fourth-order valence-corrected chi connectivity index (χ4v) is 6.66. The summed E-state index contributed by atoms with van der Waals surface area (Å²) in [5, 5.41) is 3.05. The van der Waals surface area contributed by atoms with Crippen molar-refractivity contribution in [3.05, 3.63) is 125 Å².